The van der Waals surface area contributed by atoms with E-state index in [1.807, 2.05) is 38.1 Å². The Hall–Kier alpha value is -2.45. The zero-order valence-electron chi connectivity index (χ0n) is 15.0. The highest BCUT2D eigenvalue weighted by molar-refractivity contribution is 7.30. The molecular formula is C18H19N3O3S2. The number of ether oxygens (including phenoxy) is 1. The number of anilines is 2. The van der Waals surface area contributed by atoms with E-state index in [-0.39, 0.29) is 11.9 Å². The molecule has 2 heterocycles. The number of carbonyl (C=O) groups excluding carboxylic acids is 2. The van der Waals surface area contributed by atoms with E-state index in [4.69, 9.17) is 4.74 Å². The van der Waals surface area contributed by atoms with Crippen molar-refractivity contribution in [2.24, 2.45) is 0 Å². The highest BCUT2D eigenvalue weighted by atomic mass is 32.1. The number of aryl methyl sites for hydroxylation is 1. The molecule has 6 nitrogen and oxygen atoms in total. The van der Waals surface area contributed by atoms with Gasteiger partial charge in [-0.2, -0.15) is 0 Å². The molecule has 3 rings (SSSR count). The first-order chi connectivity index (χ1) is 12.4. The molecule has 0 atom stereocenters. The van der Waals surface area contributed by atoms with Gasteiger partial charge in [0.05, 0.1) is 11.3 Å². The van der Waals surface area contributed by atoms with Gasteiger partial charge in [0.1, 0.15) is 9.71 Å². The topological polar surface area (TPSA) is 71.5 Å². The monoisotopic (exact) mass is 389 g/mol. The molecule has 1 N–H and O–H groups in total. The second kappa shape index (κ2) is 7.43. The maximum Gasteiger partial charge on any atom is 0.348 e. The number of esters is 1. The van der Waals surface area contributed by atoms with Crippen LogP contribution in [0.1, 0.15) is 32.5 Å². The van der Waals surface area contributed by atoms with Gasteiger partial charge in [0.2, 0.25) is 0 Å². The normalized spacial score (nSPS) is 10.8. The lowest BCUT2D eigenvalue weighted by molar-refractivity contribution is 0.0531. The van der Waals surface area contributed by atoms with Crippen molar-refractivity contribution >= 4 is 54.9 Å². The fourth-order valence-electron chi connectivity index (χ4n) is 2.41. The summed E-state index contributed by atoms with van der Waals surface area (Å²) in [5.74, 6) is -0.535. The minimum Gasteiger partial charge on any atom is -0.462 e. The van der Waals surface area contributed by atoms with Gasteiger partial charge in [-0.3, -0.25) is 10.1 Å². The number of amides is 1. The molecule has 0 spiro atoms. The van der Waals surface area contributed by atoms with Crippen molar-refractivity contribution < 1.29 is 14.3 Å². The Balaban J connectivity index is 1.78. The molecule has 0 radical (unpaired) electrons. The molecule has 8 heteroatoms. The number of nitrogens with one attached hydrogen (secondary N) is 1. The van der Waals surface area contributed by atoms with E-state index < -0.39 is 0 Å². The van der Waals surface area contributed by atoms with Crippen LogP contribution in [0, 0.1) is 6.92 Å². The summed E-state index contributed by atoms with van der Waals surface area (Å²) in [6.45, 7) is 3.99. The SMILES string of the molecule is CCOC(=O)c1sc2nc(NC(=O)c3ccc(N(C)C)cc3)sc2c1C. The number of hydrogen-bond acceptors (Lipinski definition) is 7. The molecule has 1 amide bonds. The van der Waals surface area contributed by atoms with Gasteiger partial charge in [0, 0.05) is 25.3 Å². The summed E-state index contributed by atoms with van der Waals surface area (Å²) in [5, 5.41) is 3.35. The van der Waals surface area contributed by atoms with Crippen LogP contribution >= 0.6 is 22.7 Å². The van der Waals surface area contributed by atoms with E-state index in [0.717, 1.165) is 20.8 Å². The van der Waals surface area contributed by atoms with Crippen molar-refractivity contribution in [2.75, 3.05) is 30.9 Å². The Morgan fingerprint density at radius 3 is 2.46 bits per heavy atom. The molecule has 0 saturated carbocycles. The van der Waals surface area contributed by atoms with Crippen LogP contribution in [0.25, 0.3) is 9.53 Å². The van der Waals surface area contributed by atoms with Crippen LogP contribution in [-0.4, -0.2) is 37.6 Å². The van der Waals surface area contributed by atoms with Crippen molar-refractivity contribution in [1.82, 2.24) is 4.98 Å². The second-order valence-corrected chi connectivity index (χ2v) is 7.82. The van der Waals surface area contributed by atoms with E-state index >= 15 is 0 Å². The van der Waals surface area contributed by atoms with Gasteiger partial charge in [-0.1, -0.05) is 11.3 Å². The summed E-state index contributed by atoms with van der Waals surface area (Å²) in [7, 11) is 3.90. The zero-order chi connectivity index (χ0) is 18.8. The molecule has 0 bridgehead atoms. The minimum absolute atomic E-state index is 0.208. The lowest BCUT2D eigenvalue weighted by atomic mass is 10.2. The minimum atomic E-state index is -0.327. The molecule has 136 valence electrons. The molecule has 0 saturated heterocycles. The first-order valence-corrected chi connectivity index (χ1v) is 9.69. The molecule has 0 fully saturated rings. The van der Waals surface area contributed by atoms with Crippen molar-refractivity contribution in [3.8, 4) is 0 Å². The number of benzene rings is 1. The Labute approximate surface area is 159 Å². The molecule has 0 aliphatic heterocycles. The molecule has 2 aromatic heterocycles. The van der Waals surface area contributed by atoms with Gasteiger partial charge >= 0.3 is 5.97 Å². The van der Waals surface area contributed by atoms with Gasteiger partial charge in [-0.15, -0.1) is 11.3 Å². The zero-order valence-corrected chi connectivity index (χ0v) is 16.6. The largest absolute Gasteiger partial charge is 0.462 e. The van der Waals surface area contributed by atoms with Crippen LogP contribution in [0.4, 0.5) is 10.8 Å². The van der Waals surface area contributed by atoms with E-state index in [2.05, 4.69) is 10.3 Å². The summed E-state index contributed by atoms with van der Waals surface area (Å²) in [5.41, 5.74) is 2.44. The van der Waals surface area contributed by atoms with Gasteiger partial charge in [-0.25, -0.2) is 9.78 Å². The van der Waals surface area contributed by atoms with Gasteiger partial charge in [-0.05, 0) is 43.7 Å². The maximum absolute atomic E-state index is 12.4. The Kier molecular flexibility index (Phi) is 5.24. The van der Waals surface area contributed by atoms with Crippen LogP contribution in [0.2, 0.25) is 0 Å². The quantitative estimate of drug-likeness (QED) is 0.664. The van der Waals surface area contributed by atoms with E-state index in [9.17, 15) is 9.59 Å². The number of nitrogens with zero attached hydrogens (tertiary/aromatic N) is 2. The van der Waals surface area contributed by atoms with Crippen LogP contribution in [-0.2, 0) is 4.74 Å². The smallest absolute Gasteiger partial charge is 0.348 e. The van der Waals surface area contributed by atoms with Crippen LogP contribution in [0.15, 0.2) is 24.3 Å². The third-order valence-corrected chi connectivity index (χ3v) is 6.19. The van der Waals surface area contributed by atoms with Gasteiger partial charge < -0.3 is 9.64 Å². The Morgan fingerprint density at radius 1 is 1.19 bits per heavy atom. The average molecular weight is 390 g/mol. The van der Waals surface area contributed by atoms with E-state index in [0.29, 0.717) is 22.2 Å². The first kappa shape index (κ1) is 18.3. The highest BCUT2D eigenvalue weighted by Gasteiger charge is 2.20. The third kappa shape index (κ3) is 3.56. The van der Waals surface area contributed by atoms with E-state index in [1.165, 1.54) is 22.7 Å². The molecule has 0 unspecified atom stereocenters. The first-order valence-electron chi connectivity index (χ1n) is 8.06. The molecule has 26 heavy (non-hydrogen) atoms. The molecular weight excluding hydrogens is 370 g/mol. The van der Waals surface area contributed by atoms with Crippen molar-refractivity contribution in [2.45, 2.75) is 13.8 Å². The fraction of sp³-hybridized carbons (Fsp3) is 0.278. The maximum atomic E-state index is 12.4. The van der Waals surface area contributed by atoms with Crippen molar-refractivity contribution in [3.63, 3.8) is 0 Å². The number of hydrogen-bond donors (Lipinski definition) is 1. The lowest BCUT2D eigenvalue weighted by Gasteiger charge is -2.12. The van der Waals surface area contributed by atoms with Crippen LogP contribution < -0.4 is 10.2 Å². The summed E-state index contributed by atoms with van der Waals surface area (Å²) < 4.78 is 5.96. The Bertz CT molecular complexity index is 958. The van der Waals surface area contributed by atoms with Gasteiger partial charge in [0.25, 0.3) is 5.91 Å². The highest BCUT2D eigenvalue weighted by Crippen LogP contribution is 2.37. The van der Waals surface area contributed by atoms with Crippen LogP contribution in [0.5, 0.6) is 0 Å². The number of aromatic nitrogens is 1. The summed E-state index contributed by atoms with van der Waals surface area (Å²) in [6, 6.07) is 7.35. The summed E-state index contributed by atoms with van der Waals surface area (Å²) in [4.78, 5) is 32.1. The lowest BCUT2D eigenvalue weighted by Crippen LogP contribution is -2.13. The van der Waals surface area contributed by atoms with E-state index in [1.54, 1.807) is 19.1 Å². The predicted octanol–water partition coefficient (Wildman–Crippen LogP) is 4.16. The van der Waals surface area contributed by atoms with Gasteiger partial charge in [0.15, 0.2) is 5.13 Å². The standard InChI is InChI=1S/C18H19N3O3S2/c1-5-24-17(23)14-10(2)13-16(25-14)20-18(26-13)19-15(22)11-6-8-12(9-7-11)21(3)4/h6-9H,5H2,1-4H3,(H,19,20,22). The molecule has 1 aromatic carbocycles. The predicted molar refractivity (Wildman–Crippen MR) is 107 cm³/mol. The summed E-state index contributed by atoms with van der Waals surface area (Å²) >= 11 is 2.65. The number of thiazole rings is 1. The molecule has 0 aliphatic rings. The third-order valence-electron chi connectivity index (χ3n) is 3.80. The number of rotatable bonds is 5. The average Bonchev–Trinajstić information content (AvgIpc) is 3.14. The van der Waals surface area contributed by atoms with Crippen molar-refractivity contribution in [1.29, 1.82) is 0 Å². The number of fused-ring (bicyclic) bond motifs is 1. The fourth-order valence-corrected chi connectivity index (χ4v) is 4.62. The number of thiophene rings is 1. The second-order valence-electron chi connectivity index (χ2n) is 5.83. The molecule has 3 aromatic rings. The van der Waals surface area contributed by atoms with Crippen molar-refractivity contribution in [3.05, 3.63) is 40.3 Å². The number of carbonyl (C=O) groups is 2. The summed E-state index contributed by atoms with van der Waals surface area (Å²) in [6.07, 6.45) is 0. The Morgan fingerprint density at radius 2 is 1.88 bits per heavy atom. The molecule has 0 aliphatic carbocycles. The van der Waals surface area contributed by atoms with Crippen LogP contribution in [0.3, 0.4) is 0 Å².